The van der Waals surface area contributed by atoms with Crippen molar-refractivity contribution in [2.24, 2.45) is 0 Å². The van der Waals surface area contributed by atoms with E-state index in [1.165, 1.54) is 0 Å². The first-order chi connectivity index (χ1) is 10.6. The summed E-state index contributed by atoms with van der Waals surface area (Å²) in [5.74, 6) is 0.401. The molecular weight excluding hydrogens is 300 g/mol. The Labute approximate surface area is 135 Å². The van der Waals surface area contributed by atoms with Crippen LogP contribution in [0.5, 0.6) is 5.75 Å². The standard InChI is InChI=1S/C17H19ClN2O2/c1-2-9-22-16-8-7-12(10-15(16)19)17(21)20-11-13-5-3-4-6-14(13)18/h3-8,10H,2,9,11,19H2,1H3,(H,20,21). The van der Waals surface area contributed by atoms with Crippen molar-refractivity contribution in [3.8, 4) is 5.75 Å². The number of hydrogen-bond acceptors (Lipinski definition) is 3. The van der Waals surface area contributed by atoms with Gasteiger partial charge < -0.3 is 15.8 Å². The Balaban J connectivity index is 2.01. The van der Waals surface area contributed by atoms with Gasteiger partial charge in [-0.2, -0.15) is 0 Å². The molecule has 0 atom stereocenters. The molecule has 0 saturated carbocycles. The summed E-state index contributed by atoms with van der Waals surface area (Å²) in [6.07, 6.45) is 0.902. The van der Waals surface area contributed by atoms with Gasteiger partial charge in [-0.15, -0.1) is 0 Å². The lowest BCUT2D eigenvalue weighted by atomic mass is 10.1. The second kappa shape index (κ2) is 7.71. The molecule has 0 aliphatic carbocycles. The van der Waals surface area contributed by atoms with Gasteiger partial charge in [0.1, 0.15) is 5.75 Å². The van der Waals surface area contributed by atoms with Crippen LogP contribution in [0.15, 0.2) is 42.5 Å². The first kappa shape index (κ1) is 16.2. The van der Waals surface area contributed by atoms with Crippen molar-refractivity contribution in [2.75, 3.05) is 12.3 Å². The number of hydrogen-bond donors (Lipinski definition) is 2. The monoisotopic (exact) mass is 318 g/mol. The normalized spacial score (nSPS) is 10.3. The highest BCUT2D eigenvalue weighted by molar-refractivity contribution is 6.31. The maximum absolute atomic E-state index is 12.2. The average molecular weight is 319 g/mol. The zero-order chi connectivity index (χ0) is 15.9. The van der Waals surface area contributed by atoms with Crippen LogP contribution in [-0.4, -0.2) is 12.5 Å². The fourth-order valence-corrected chi connectivity index (χ4v) is 2.16. The molecular formula is C17H19ClN2O2. The Hall–Kier alpha value is -2.20. The van der Waals surface area contributed by atoms with Crippen LogP contribution < -0.4 is 15.8 Å². The van der Waals surface area contributed by atoms with Crippen LogP contribution >= 0.6 is 11.6 Å². The lowest BCUT2D eigenvalue weighted by Crippen LogP contribution is -2.23. The molecule has 4 nitrogen and oxygen atoms in total. The lowest BCUT2D eigenvalue weighted by Gasteiger charge is -2.10. The summed E-state index contributed by atoms with van der Waals surface area (Å²) in [6.45, 7) is 2.99. The van der Waals surface area contributed by atoms with Gasteiger partial charge >= 0.3 is 0 Å². The van der Waals surface area contributed by atoms with E-state index < -0.39 is 0 Å². The first-order valence-corrected chi connectivity index (χ1v) is 7.53. The summed E-state index contributed by atoms with van der Waals surface area (Å²) < 4.78 is 5.49. The van der Waals surface area contributed by atoms with Crippen molar-refractivity contribution in [3.63, 3.8) is 0 Å². The molecule has 22 heavy (non-hydrogen) atoms. The predicted octanol–water partition coefficient (Wildman–Crippen LogP) is 3.64. The Kier molecular flexibility index (Phi) is 5.67. The molecule has 5 heteroatoms. The zero-order valence-electron chi connectivity index (χ0n) is 12.4. The van der Waals surface area contributed by atoms with E-state index in [9.17, 15) is 4.79 Å². The van der Waals surface area contributed by atoms with Gasteiger partial charge in [0, 0.05) is 17.1 Å². The Morgan fingerprint density at radius 1 is 1.27 bits per heavy atom. The van der Waals surface area contributed by atoms with Gasteiger partial charge in [-0.05, 0) is 36.2 Å². The second-order valence-electron chi connectivity index (χ2n) is 4.88. The molecule has 0 aliphatic rings. The molecule has 2 aromatic rings. The summed E-state index contributed by atoms with van der Waals surface area (Å²) in [5, 5.41) is 3.46. The molecule has 0 heterocycles. The van der Waals surface area contributed by atoms with Crippen molar-refractivity contribution >= 4 is 23.2 Å². The number of carbonyl (C=O) groups excluding carboxylic acids is 1. The van der Waals surface area contributed by atoms with E-state index in [0.29, 0.717) is 35.2 Å². The van der Waals surface area contributed by atoms with E-state index in [0.717, 1.165) is 12.0 Å². The summed E-state index contributed by atoms with van der Waals surface area (Å²) in [6, 6.07) is 12.4. The summed E-state index contributed by atoms with van der Waals surface area (Å²) >= 11 is 6.06. The molecule has 0 radical (unpaired) electrons. The molecule has 1 amide bonds. The number of halogens is 1. The zero-order valence-corrected chi connectivity index (χ0v) is 13.2. The number of nitrogens with one attached hydrogen (secondary N) is 1. The summed E-state index contributed by atoms with van der Waals surface area (Å²) in [7, 11) is 0. The predicted molar refractivity (Wildman–Crippen MR) is 89.3 cm³/mol. The number of rotatable bonds is 6. The maximum Gasteiger partial charge on any atom is 0.251 e. The summed E-state index contributed by atoms with van der Waals surface area (Å²) in [4.78, 5) is 12.2. The van der Waals surface area contributed by atoms with Crippen LogP contribution in [0.4, 0.5) is 5.69 Å². The quantitative estimate of drug-likeness (QED) is 0.799. The Bertz CT molecular complexity index is 659. The van der Waals surface area contributed by atoms with Crippen molar-refractivity contribution < 1.29 is 9.53 Å². The van der Waals surface area contributed by atoms with Crippen molar-refractivity contribution in [1.82, 2.24) is 5.32 Å². The number of amides is 1. The smallest absolute Gasteiger partial charge is 0.251 e. The molecule has 0 saturated heterocycles. The van der Waals surface area contributed by atoms with Gasteiger partial charge in [-0.25, -0.2) is 0 Å². The SMILES string of the molecule is CCCOc1ccc(C(=O)NCc2ccccc2Cl)cc1N. The number of nitrogen functional groups attached to an aromatic ring is 1. The molecule has 2 aromatic carbocycles. The fraction of sp³-hybridized carbons (Fsp3) is 0.235. The Morgan fingerprint density at radius 2 is 2.05 bits per heavy atom. The van der Waals surface area contributed by atoms with Crippen LogP contribution in [0.3, 0.4) is 0 Å². The van der Waals surface area contributed by atoms with E-state index in [1.54, 1.807) is 24.3 Å². The van der Waals surface area contributed by atoms with Crippen molar-refractivity contribution in [3.05, 3.63) is 58.6 Å². The highest BCUT2D eigenvalue weighted by Crippen LogP contribution is 2.23. The van der Waals surface area contributed by atoms with Gasteiger partial charge in [0.2, 0.25) is 0 Å². The van der Waals surface area contributed by atoms with E-state index in [4.69, 9.17) is 22.1 Å². The van der Waals surface area contributed by atoms with Crippen LogP contribution in [0.25, 0.3) is 0 Å². The molecule has 0 aromatic heterocycles. The van der Waals surface area contributed by atoms with Crippen molar-refractivity contribution in [1.29, 1.82) is 0 Å². The third-order valence-electron chi connectivity index (χ3n) is 3.13. The van der Waals surface area contributed by atoms with Gasteiger partial charge in [0.25, 0.3) is 5.91 Å². The maximum atomic E-state index is 12.2. The largest absolute Gasteiger partial charge is 0.491 e. The van der Waals surface area contributed by atoms with Crippen LogP contribution in [-0.2, 0) is 6.54 Å². The van der Waals surface area contributed by atoms with E-state index in [1.807, 2.05) is 25.1 Å². The molecule has 0 unspecified atom stereocenters. The molecule has 3 N–H and O–H groups in total. The third-order valence-corrected chi connectivity index (χ3v) is 3.50. The van der Waals surface area contributed by atoms with Crippen LogP contribution in [0.2, 0.25) is 5.02 Å². The van der Waals surface area contributed by atoms with Crippen LogP contribution in [0, 0.1) is 0 Å². The number of nitrogens with two attached hydrogens (primary N) is 1. The van der Waals surface area contributed by atoms with E-state index in [-0.39, 0.29) is 5.91 Å². The molecule has 0 spiro atoms. The van der Waals surface area contributed by atoms with Gasteiger partial charge in [-0.3, -0.25) is 4.79 Å². The molecule has 0 aliphatic heterocycles. The molecule has 116 valence electrons. The minimum Gasteiger partial charge on any atom is -0.491 e. The average Bonchev–Trinajstić information content (AvgIpc) is 2.52. The highest BCUT2D eigenvalue weighted by Gasteiger charge is 2.09. The first-order valence-electron chi connectivity index (χ1n) is 7.15. The minimum absolute atomic E-state index is 0.200. The number of benzene rings is 2. The topological polar surface area (TPSA) is 64.3 Å². The lowest BCUT2D eigenvalue weighted by molar-refractivity contribution is 0.0951. The van der Waals surface area contributed by atoms with Gasteiger partial charge in [0.05, 0.1) is 12.3 Å². The third kappa shape index (κ3) is 4.15. The molecule has 2 rings (SSSR count). The van der Waals surface area contributed by atoms with Gasteiger partial charge in [0.15, 0.2) is 0 Å². The molecule has 0 bridgehead atoms. The number of ether oxygens (including phenoxy) is 1. The molecule has 0 fully saturated rings. The van der Waals surface area contributed by atoms with Gasteiger partial charge in [-0.1, -0.05) is 36.7 Å². The highest BCUT2D eigenvalue weighted by atomic mass is 35.5. The second-order valence-corrected chi connectivity index (χ2v) is 5.28. The minimum atomic E-state index is -0.200. The Morgan fingerprint density at radius 3 is 2.73 bits per heavy atom. The van der Waals surface area contributed by atoms with E-state index in [2.05, 4.69) is 5.32 Å². The number of anilines is 1. The van der Waals surface area contributed by atoms with E-state index >= 15 is 0 Å². The van der Waals surface area contributed by atoms with Crippen LogP contribution in [0.1, 0.15) is 29.3 Å². The fourth-order valence-electron chi connectivity index (χ4n) is 1.95. The number of carbonyl (C=O) groups is 1. The summed E-state index contributed by atoms with van der Waals surface area (Å²) in [5.41, 5.74) is 7.73. The van der Waals surface area contributed by atoms with Crippen molar-refractivity contribution in [2.45, 2.75) is 19.9 Å².